The maximum absolute atomic E-state index is 16.6. The Kier molecular flexibility index (Phi) is 9.50. The van der Waals surface area contributed by atoms with Gasteiger partial charge in [0.25, 0.3) is 5.91 Å². The monoisotopic (exact) mass is 655 g/mol. The molecule has 11 atom stereocenters. The average molecular weight is 656 g/mol. The third-order valence-corrected chi connectivity index (χ3v) is 12.8. The number of alkyl halides is 1. The van der Waals surface area contributed by atoms with E-state index in [2.05, 4.69) is 53.2 Å². The number of likely N-dealkylation sites (tertiary alicyclic amines) is 2. The van der Waals surface area contributed by atoms with Crippen LogP contribution in [-0.4, -0.2) is 114 Å². The Morgan fingerprint density at radius 3 is 2.49 bits per heavy atom. The Hall–Kier alpha value is -2.04. The minimum Gasteiger partial charge on any atom is -0.369 e. The van der Waals surface area contributed by atoms with Gasteiger partial charge in [0.2, 0.25) is 5.91 Å². The molecule has 2 amide bonds. The number of carbonyl (C=O) groups excluding carboxylic acids is 3. The van der Waals surface area contributed by atoms with Crippen LogP contribution in [0.15, 0.2) is 11.8 Å². The quantitative estimate of drug-likeness (QED) is 0.403. The number of ether oxygens (including phenoxy) is 1. The third kappa shape index (κ3) is 6.77. The van der Waals surface area contributed by atoms with Crippen LogP contribution in [0.1, 0.15) is 97.8 Å². The molecule has 0 radical (unpaired) electrons. The molecule has 10 heteroatoms. The van der Waals surface area contributed by atoms with Crippen molar-refractivity contribution in [3.63, 3.8) is 0 Å². The summed E-state index contributed by atoms with van der Waals surface area (Å²) in [5.74, 6) is 0.163. The predicted octanol–water partition coefficient (Wildman–Crippen LogP) is 3.81. The highest BCUT2D eigenvalue weighted by Gasteiger charge is 2.61. The molecule has 0 aromatic rings. The standard InChI is InChI=1S/C37H58FN5O4/c1-37(2,3)19-31(44)40-24-12-15-42(20-24)33-28(38)18-26-32-35(33)47-30-17-23-9-6-5-8-22(23)16-29(30)43(32)21-27(34(26)45)36(46)39-13-11-25-10-7-14-41(25)4/h21-26,28-30,32-33,35H,5-20H2,1-4H3,(H,39,46)(H,40,44). The van der Waals surface area contributed by atoms with Gasteiger partial charge in [0.15, 0.2) is 5.78 Å². The average Bonchev–Trinajstić information content (AvgIpc) is 3.64. The van der Waals surface area contributed by atoms with Gasteiger partial charge in [0.05, 0.1) is 35.9 Å². The summed E-state index contributed by atoms with van der Waals surface area (Å²) in [6, 6.07) is -0.220. The Labute approximate surface area is 280 Å². The molecular weight excluding hydrogens is 597 g/mol. The van der Waals surface area contributed by atoms with Crippen molar-refractivity contribution in [3.05, 3.63) is 11.8 Å². The SMILES string of the molecule is CN1CCCC1CCNC(=O)C1=CN2C3CC4CCCCC4CC3OC3C(N4CCC(NC(=O)CC(C)(C)C)C4)C(F)CC(C1=O)C32. The minimum absolute atomic E-state index is 0.0212. The highest BCUT2D eigenvalue weighted by Crippen LogP contribution is 2.51. The summed E-state index contributed by atoms with van der Waals surface area (Å²) in [7, 11) is 2.13. The topological polar surface area (TPSA) is 94.2 Å². The molecule has 4 aliphatic heterocycles. The molecule has 262 valence electrons. The van der Waals surface area contributed by atoms with Gasteiger partial charge in [0.1, 0.15) is 6.17 Å². The van der Waals surface area contributed by atoms with E-state index in [1.807, 2.05) is 6.20 Å². The van der Waals surface area contributed by atoms with Gasteiger partial charge in [0, 0.05) is 50.3 Å². The maximum atomic E-state index is 16.6. The molecule has 9 nitrogen and oxygen atoms in total. The molecule has 2 N–H and O–H groups in total. The molecule has 4 heterocycles. The first kappa shape index (κ1) is 33.5. The fourth-order valence-electron chi connectivity index (χ4n) is 10.6. The predicted molar refractivity (Wildman–Crippen MR) is 178 cm³/mol. The fraction of sp³-hybridized carbons (Fsp3) is 0.865. The lowest BCUT2D eigenvalue weighted by Gasteiger charge is -2.61. The summed E-state index contributed by atoms with van der Waals surface area (Å²) in [6.45, 7) is 9.07. The van der Waals surface area contributed by atoms with E-state index in [0.29, 0.717) is 43.9 Å². The number of nitrogens with zero attached hydrogens (tertiary/aromatic N) is 3. The number of Topliss-reactive ketones (excluding diaryl/α,β-unsaturated/α-hetero) is 1. The molecule has 6 fully saturated rings. The van der Waals surface area contributed by atoms with Crippen LogP contribution in [-0.2, 0) is 19.1 Å². The van der Waals surface area contributed by atoms with Crippen LogP contribution in [0.2, 0.25) is 0 Å². The van der Waals surface area contributed by atoms with Gasteiger partial charge in [-0.2, -0.15) is 0 Å². The van der Waals surface area contributed by atoms with E-state index in [-0.39, 0.29) is 59.2 Å². The number of hydrogen-bond donors (Lipinski definition) is 2. The van der Waals surface area contributed by atoms with Crippen LogP contribution < -0.4 is 10.6 Å². The van der Waals surface area contributed by atoms with Crippen LogP contribution in [0.25, 0.3) is 0 Å². The fourth-order valence-corrected chi connectivity index (χ4v) is 10.6. The Balaban J connectivity index is 1.12. The van der Waals surface area contributed by atoms with E-state index < -0.39 is 24.2 Å². The number of rotatable bonds is 7. The van der Waals surface area contributed by atoms with Crippen molar-refractivity contribution in [1.29, 1.82) is 0 Å². The molecule has 3 saturated heterocycles. The number of carbonyl (C=O) groups is 3. The first-order valence-corrected chi connectivity index (χ1v) is 18.8. The van der Waals surface area contributed by atoms with Crippen molar-refractivity contribution in [2.24, 2.45) is 23.2 Å². The smallest absolute Gasteiger partial charge is 0.256 e. The molecule has 0 spiro atoms. The molecule has 7 rings (SSSR count). The number of fused-ring (bicyclic) bond motifs is 3. The number of halogens is 1. The van der Waals surface area contributed by atoms with E-state index in [9.17, 15) is 14.4 Å². The number of amides is 2. The normalized spacial score (nSPS) is 40.7. The highest BCUT2D eigenvalue weighted by molar-refractivity contribution is 6.20. The minimum atomic E-state index is -1.25. The van der Waals surface area contributed by atoms with Crippen molar-refractivity contribution in [2.75, 3.05) is 33.2 Å². The summed E-state index contributed by atoms with van der Waals surface area (Å²) in [5, 5.41) is 6.27. The second kappa shape index (κ2) is 13.3. The van der Waals surface area contributed by atoms with Crippen molar-refractivity contribution >= 4 is 17.6 Å². The molecular formula is C37H58FN5O4. The van der Waals surface area contributed by atoms with Crippen molar-refractivity contribution < 1.29 is 23.5 Å². The highest BCUT2D eigenvalue weighted by atomic mass is 19.1. The third-order valence-electron chi connectivity index (χ3n) is 12.8. The van der Waals surface area contributed by atoms with Gasteiger partial charge < -0.3 is 25.2 Å². The van der Waals surface area contributed by atoms with Gasteiger partial charge >= 0.3 is 0 Å². The summed E-state index contributed by atoms with van der Waals surface area (Å²) in [4.78, 5) is 47.4. The van der Waals surface area contributed by atoms with Gasteiger partial charge in [-0.3, -0.25) is 19.3 Å². The lowest BCUT2D eigenvalue weighted by molar-refractivity contribution is -0.219. The van der Waals surface area contributed by atoms with Crippen LogP contribution >= 0.6 is 0 Å². The molecule has 3 aliphatic carbocycles. The zero-order valence-electron chi connectivity index (χ0n) is 29.1. The zero-order valence-corrected chi connectivity index (χ0v) is 29.1. The number of ketones is 1. The molecule has 7 aliphatic rings. The van der Waals surface area contributed by atoms with Crippen LogP contribution in [0.3, 0.4) is 0 Å². The Morgan fingerprint density at radius 1 is 1.00 bits per heavy atom. The first-order valence-electron chi connectivity index (χ1n) is 18.8. The molecule has 11 unspecified atom stereocenters. The van der Waals surface area contributed by atoms with Crippen molar-refractivity contribution in [1.82, 2.24) is 25.3 Å². The van der Waals surface area contributed by atoms with E-state index >= 15 is 4.39 Å². The summed E-state index contributed by atoms with van der Waals surface area (Å²) < 4.78 is 23.6. The van der Waals surface area contributed by atoms with E-state index in [4.69, 9.17) is 4.74 Å². The second-order valence-corrected chi connectivity index (χ2v) is 17.3. The molecule has 0 aromatic heterocycles. The number of hydrogen-bond acceptors (Lipinski definition) is 7. The summed E-state index contributed by atoms with van der Waals surface area (Å²) in [6.07, 6.45) is 11.6. The zero-order chi connectivity index (χ0) is 33.0. The van der Waals surface area contributed by atoms with Crippen molar-refractivity contribution in [2.45, 2.75) is 146 Å². The number of nitrogens with one attached hydrogen (secondary N) is 2. The van der Waals surface area contributed by atoms with Gasteiger partial charge in [-0.1, -0.05) is 46.5 Å². The summed E-state index contributed by atoms with van der Waals surface area (Å²) in [5.41, 5.74) is 0.103. The van der Waals surface area contributed by atoms with Crippen LogP contribution in [0, 0.1) is 23.2 Å². The lowest BCUT2D eigenvalue weighted by atomic mass is 9.64. The van der Waals surface area contributed by atoms with E-state index in [0.717, 1.165) is 38.6 Å². The summed E-state index contributed by atoms with van der Waals surface area (Å²) >= 11 is 0. The molecule has 47 heavy (non-hydrogen) atoms. The van der Waals surface area contributed by atoms with Gasteiger partial charge in [-0.25, -0.2) is 4.39 Å². The van der Waals surface area contributed by atoms with Crippen LogP contribution in [0.4, 0.5) is 4.39 Å². The van der Waals surface area contributed by atoms with Crippen LogP contribution in [0.5, 0.6) is 0 Å². The Bertz CT molecular complexity index is 1240. The van der Waals surface area contributed by atoms with Gasteiger partial charge in [-0.15, -0.1) is 0 Å². The molecule has 0 bridgehead atoms. The van der Waals surface area contributed by atoms with Gasteiger partial charge in [-0.05, 0) is 75.8 Å². The maximum Gasteiger partial charge on any atom is 0.256 e. The molecule has 3 saturated carbocycles. The first-order chi connectivity index (χ1) is 22.5. The van der Waals surface area contributed by atoms with E-state index in [1.54, 1.807) is 0 Å². The Morgan fingerprint density at radius 2 is 1.77 bits per heavy atom. The lowest BCUT2D eigenvalue weighted by Crippen LogP contribution is -2.73. The second-order valence-electron chi connectivity index (χ2n) is 17.3. The van der Waals surface area contributed by atoms with E-state index in [1.165, 1.54) is 32.1 Å². The number of morpholine rings is 1. The largest absolute Gasteiger partial charge is 0.369 e. The molecule has 0 aromatic carbocycles. The van der Waals surface area contributed by atoms with Crippen molar-refractivity contribution in [3.8, 4) is 0 Å².